The lowest BCUT2D eigenvalue weighted by molar-refractivity contribution is -0.151. The first kappa shape index (κ1) is 22.9. The molecule has 1 atom stereocenters. The molecule has 0 saturated carbocycles. The van der Waals surface area contributed by atoms with Crippen LogP contribution in [-0.4, -0.2) is 43.6 Å². The highest BCUT2D eigenvalue weighted by Gasteiger charge is 2.26. The monoisotopic (exact) mass is 412 g/mol. The third-order valence-corrected chi connectivity index (χ3v) is 4.27. The van der Waals surface area contributed by atoms with Gasteiger partial charge in [0.15, 0.2) is 6.61 Å². The fraction of sp³-hybridized carbons (Fsp3) is 0.348. The number of esters is 1. The van der Waals surface area contributed by atoms with Gasteiger partial charge in [-0.05, 0) is 42.7 Å². The number of aryl methyl sites for hydroxylation is 1. The molecule has 0 aliphatic heterocycles. The second-order valence-electron chi connectivity index (χ2n) is 7.18. The molecule has 7 nitrogen and oxygen atoms in total. The Morgan fingerprint density at radius 3 is 2.40 bits per heavy atom. The van der Waals surface area contributed by atoms with E-state index in [1.807, 2.05) is 31.2 Å². The van der Waals surface area contributed by atoms with E-state index in [9.17, 15) is 14.4 Å². The number of benzene rings is 2. The third kappa shape index (κ3) is 7.58. The first-order valence-electron chi connectivity index (χ1n) is 9.85. The molecular formula is C23H28N2O5. The topological polar surface area (TPSA) is 93.7 Å². The summed E-state index contributed by atoms with van der Waals surface area (Å²) in [6.45, 7) is 5.71. The van der Waals surface area contributed by atoms with Crippen molar-refractivity contribution in [1.82, 2.24) is 10.6 Å². The van der Waals surface area contributed by atoms with Crippen LogP contribution in [0, 0.1) is 12.8 Å². The van der Waals surface area contributed by atoms with E-state index in [0.29, 0.717) is 12.2 Å². The number of hydrogen-bond acceptors (Lipinski definition) is 5. The molecule has 2 aromatic carbocycles. The van der Waals surface area contributed by atoms with Crippen LogP contribution in [0.2, 0.25) is 0 Å². The summed E-state index contributed by atoms with van der Waals surface area (Å²) in [6, 6.07) is 15.3. The average Bonchev–Trinajstić information content (AvgIpc) is 2.73. The predicted octanol–water partition coefficient (Wildman–Crippen LogP) is 2.49. The van der Waals surface area contributed by atoms with Crippen LogP contribution in [0.3, 0.4) is 0 Å². The largest absolute Gasteiger partial charge is 0.492 e. The zero-order chi connectivity index (χ0) is 21.9. The molecule has 0 radical (unpaired) electrons. The highest BCUT2D eigenvalue weighted by molar-refractivity contribution is 5.97. The molecular weight excluding hydrogens is 384 g/mol. The number of carbonyl (C=O) groups is 3. The number of ether oxygens (including phenoxy) is 2. The lowest BCUT2D eigenvalue weighted by Crippen LogP contribution is -2.46. The maximum Gasteiger partial charge on any atom is 0.329 e. The molecule has 160 valence electrons. The SMILES string of the molecule is Cc1cccc(OCCNC(=O)COC(=O)[C@@H](NC(=O)c2ccccc2)C(C)C)c1. The van der Waals surface area contributed by atoms with Gasteiger partial charge in [0.2, 0.25) is 0 Å². The second-order valence-corrected chi connectivity index (χ2v) is 7.18. The smallest absolute Gasteiger partial charge is 0.329 e. The van der Waals surface area contributed by atoms with Gasteiger partial charge in [-0.1, -0.05) is 44.2 Å². The van der Waals surface area contributed by atoms with Crippen molar-refractivity contribution < 1.29 is 23.9 Å². The van der Waals surface area contributed by atoms with Crippen LogP contribution in [0.15, 0.2) is 54.6 Å². The highest BCUT2D eigenvalue weighted by atomic mass is 16.5. The van der Waals surface area contributed by atoms with Crippen molar-refractivity contribution in [3.8, 4) is 5.75 Å². The van der Waals surface area contributed by atoms with Crippen LogP contribution in [0.4, 0.5) is 0 Å². The summed E-state index contributed by atoms with van der Waals surface area (Å²) in [6.07, 6.45) is 0. The molecule has 0 heterocycles. The lowest BCUT2D eigenvalue weighted by Gasteiger charge is -2.20. The number of amides is 2. The van der Waals surface area contributed by atoms with Crippen LogP contribution in [0.25, 0.3) is 0 Å². The Kier molecular flexibility index (Phi) is 8.87. The van der Waals surface area contributed by atoms with E-state index in [0.717, 1.165) is 11.3 Å². The van der Waals surface area contributed by atoms with Crippen LogP contribution < -0.4 is 15.4 Å². The van der Waals surface area contributed by atoms with Crippen LogP contribution >= 0.6 is 0 Å². The van der Waals surface area contributed by atoms with Gasteiger partial charge in [0, 0.05) is 5.56 Å². The lowest BCUT2D eigenvalue weighted by atomic mass is 10.0. The molecule has 7 heteroatoms. The first-order valence-corrected chi connectivity index (χ1v) is 9.85. The van der Waals surface area contributed by atoms with Gasteiger partial charge in [0.05, 0.1) is 6.54 Å². The molecule has 0 bridgehead atoms. The molecule has 2 rings (SSSR count). The molecule has 2 aromatic rings. The van der Waals surface area contributed by atoms with Crippen LogP contribution in [0.5, 0.6) is 5.75 Å². The first-order chi connectivity index (χ1) is 14.4. The maximum atomic E-state index is 12.4. The van der Waals surface area contributed by atoms with E-state index in [2.05, 4.69) is 10.6 Å². The number of hydrogen-bond donors (Lipinski definition) is 2. The maximum absolute atomic E-state index is 12.4. The van der Waals surface area contributed by atoms with Crippen molar-refractivity contribution in [3.63, 3.8) is 0 Å². The van der Waals surface area contributed by atoms with E-state index >= 15 is 0 Å². The van der Waals surface area contributed by atoms with E-state index in [1.165, 1.54) is 0 Å². The molecule has 0 saturated heterocycles. The zero-order valence-corrected chi connectivity index (χ0v) is 17.5. The van der Waals surface area contributed by atoms with Crippen molar-refractivity contribution >= 4 is 17.8 Å². The fourth-order valence-corrected chi connectivity index (χ4v) is 2.65. The third-order valence-electron chi connectivity index (χ3n) is 4.27. The number of nitrogens with one attached hydrogen (secondary N) is 2. The summed E-state index contributed by atoms with van der Waals surface area (Å²) in [5.41, 5.74) is 1.53. The summed E-state index contributed by atoms with van der Waals surface area (Å²) in [5.74, 6) is -0.932. The minimum absolute atomic E-state index is 0.198. The summed E-state index contributed by atoms with van der Waals surface area (Å²) >= 11 is 0. The summed E-state index contributed by atoms with van der Waals surface area (Å²) in [5, 5.41) is 5.30. The zero-order valence-electron chi connectivity index (χ0n) is 17.5. The molecule has 0 aliphatic rings. The Balaban J connectivity index is 1.73. The van der Waals surface area contributed by atoms with Crippen molar-refractivity contribution in [1.29, 1.82) is 0 Å². The molecule has 2 N–H and O–H groups in total. The van der Waals surface area contributed by atoms with Gasteiger partial charge in [0.1, 0.15) is 18.4 Å². The molecule has 2 amide bonds. The van der Waals surface area contributed by atoms with Crippen LogP contribution in [-0.2, 0) is 14.3 Å². The number of rotatable bonds is 10. The van der Waals surface area contributed by atoms with E-state index in [-0.39, 0.29) is 18.4 Å². The Morgan fingerprint density at radius 2 is 1.73 bits per heavy atom. The van der Waals surface area contributed by atoms with E-state index in [4.69, 9.17) is 9.47 Å². The van der Waals surface area contributed by atoms with Gasteiger partial charge in [-0.2, -0.15) is 0 Å². The molecule has 0 unspecified atom stereocenters. The molecule has 30 heavy (non-hydrogen) atoms. The quantitative estimate of drug-likeness (QED) is 0.462. The summed E-state index contributed by atoms with van der Waals surface area (Å²) < 4.78 is 10.6. The van der Waals surface area contributed by atoms with Crippen molar-refractivity contribution in [2.75, 3.05) is 19.8 Å². The van der Waals surface area contributed by atoms with Gasteiger partial charge >= 0.3 is 5.97 Å². The Labute approximate surface area is 176 Å². The minimum atomic E-state index is -0.852. The van der Waals surface area contributed by atoms with Gasteiger partial charge in [-0.15, -0.1) is 0 Å². The van der Waals surface area contributed by atoms with Gasteiger partial charge in [0.25, 0.3) is 11.8 Å². The highest BCUT2D eigenvalue weighted by Crippen LogP contribution is 2.11. The predicted molar refractivity (Wildman–Crippen MR) is 113 cm³/mol. The Bertz CT molecular complexity index is 852. The van der Waals surface area contributed by atoms with E-state index < -0.39 is 24.5 Å². The van der Waals surface area contributed by atoms with Gasteiger partial charge in [-0.25, -0.2) is 4.79 Å². The summed E-state index contributed by atoms with van der Waals surface area (Å²) in [7, 11) is 0. The number of carbonyl (C=O) groups excluding carboxylic acids is 3. The second kappa shape index (κ2) is 11.6. The van der Waals surface area contributed by atoms with Crippen LogP contribution in [0.1, 0.15) is 29.8 Å². The van der Waals surface area contributed by atoms with Crippen molar-refractivity contribution in [2.45, 2.75) is 26.8 Å². The molecule has 0 aromatic heterocycles. The minimum Gasteiger partial charge on any atom is -0.492 e. The Hall–Kier alpha value is -3.35. The molecule has 0 fully saturated rings. The summed E-state index contributed by atoms with van der Waals surface area (Å²) in [4.78, 5) is 36.6. The Morgan fingerprint density at radius 1 is 1.00 bits per heavy atom. The molecule has 0 aliphatic carbocycles. The van der Waals surface area contributed by atoms with E-state index in [1.54, 1.807) is 44.2 Å². The fourth-order valence-electron chi connectivity index (χ4n) is 2.65. The average molecular weight is 412 g/mol. The molecule has 0 spiro atoms. The van der Waals surface area contributed by atoms with Crippen molar-refractivity contribution in [3.05, 3.63) is 65.7 Å². The standard InChI is InChI=1S/C23H28N2O5/c1-16(2)21(25-22(27)18-9-5-4-6-10-18)23(28)30-15-20(26)24-12-13-29-19-11-7-8-17(3)14-19/h4-11,14,16,21H,12-13,15H2,1-3H3,(H,24,26)(H,25,27)/t21-/m0/s1. The van der Waals surface area contributed by atoms with Crippen molar-refractivity contribution in [2.24, 2.45) is 5.92 Å². The van der Waals surface area contributed by atoms with Gasteiger partial charge in [-0.3, -0.25) is 9.59 Å². The van der Waals surface area contributed by atoms with Gasteiger partial charge < -0.3 is 20.1 Å². The normalized spacial score (nSPS) is 11.5.